The second kappa shape index (κ2) is 4.25. The maximum Gasteiger partial charge on any atom is 0.292 e. The van der Waals surface area contributed by atoms with Crippen molar-refractivity contribution in [2.24, 2.45) is 0 Å². The maximum atomic E-state index is 5.60. The minimum atomic E-state index is 0.191. The Bertz CT molecular complexity index is 578. The van der Waals surface area contributed by atoms with Gasteiger partial charge in [0.15, 0.2) is 11.5 Å². The van der Waals surface area contributed by atoms with Gasteiger partial charge in [0.2, 0.25) is 0 Å². The minimum absolute atomic E-state index is 0.191. The van der Waals surface area contributed by atoms with Gasteiger partial charge in [0.1, 0.15) is 24.7 Å². The Balaban J connectivity index is 2.06. The number of benzene rings is 1. The number of hydrogen-bond acceptors (Lipinski definition) is 5. The first-order chi connectivity index (χ1) is 8.78. The summed E-state index contributed by atoms with van der Waals surface area (Å²) in [5.74, 6) is 2.28. The Kier molecular flexibility index (Phi) is 2.59. The van der Waals surface area contributed by atoms with Gasteiger partial charge in [0, 0.05) is 12.0 Å². The fourth-order valence-corrected chi connectivity index (χ4v) is 2.03. The first kappa shape index (κ1) is 11.0. The predicted octanol–water partition coefficient (Wildman–Crippen LogP) is 2.26. The highest BCUT2D eigenvalue weighted by molar-refractivity contribution is 5.66. The Labute approximate surface area is 105 Å². The van der Waals surface area contributed by atoms with Gasteiger partial charge < -0.3 is 19.6 Å². The summed E-state index contributed by atoms with van der Waals surface area (Å²) in [6, 6.07) is 5.92. The van der Waals surface area contributed by atoms with E-state index in [4.69, 9.17) is 19.6 Å². The molecule has 1 aliphatic heterocycles. The summed E-state index contributed by atoms with van der Waals surface area (Å²) in [5, 5.41) is 0. The van der Waals surface area contributed by atoms with E-state index in [1.165, 1.54) is 0 Å². The molecular formula is C13H14N2O3. The van der Waals surface area contributed by atoms with Crippen molar-refractivity contribution in [3.63, 3.8) is 0 Å². The zero-order chi connectivity index (χ0) is 12.5. The summed E-state index contributed by atoms with van der Waals surface area (Å²) in [6.07, 6.45) is 0.744. The number of hydrogen-bond donors (Lipinski definition) is 1. The molecule has 5 nitrogen and oxygen atoms in total. The number of nitrogens with zero attached hydrogens (tertiary/aromatic N) is 1. The molecule has 0 radical (unpaired) electrons. The predicted molar refractivity (Wildman–Crippen MR) is 66.7 cm³/mol. The topological polar surface area (TPSA) is 70.5 Å². The monoisotopic (exact) mass is 246 g/mol. The lowest BCUT2D eigenvalue weighted by Gasteiger charge is -2.18. The Morgan fingerprint density at radius 2 is 2.00 bits per heavy atom. The van der Waals surface area contributed by atoms with E-state index in [9.17, 15) is 0 Å². The molecule has 18 heavy (non-hydrogen) atoms. The van der Waals surface area contributed by atoms with E-state index in [1.54, 1.807) is 0 Å². The van der Waals surface area contributed by atoms with Crippen molar-refractivity contribution in [1.29, 1.82) is 0 Å². The van der Waals surface area contributed by atoms with Crippen LogP contribution in [0.2, 0.25) is 0 Å². The van der Waals surface area contributed by atoms with Crippen LogP contribution in [0.3, 0.4) is 0 Å². The molecule has 94 valence electrons. The molecule has 0 atom stereocenters. The van der Waals surface area contributed by atoms with Crippen LogP contribution in [-0.4, -0.2) is 18.2 Å². The van der Waals surface area contributed by atoms with Crippen LogP contribution in [0.5, 0.6) is 11.5 Å². The highest BCUT2D eigenvalue weighted by atomic mass is 16.6. The van der Waals surface area contributed by atoms with E-state index >= 15 is 0 Å². The summed E-state index contributed by atoms with van der Waals surface area (Å²) in [6.45, 7) is 3.16. The second-order valence-electron chi connectivity index (χ2n) is 4.04. The van der Waals surface area contributed by atoms with Gasteiger partial charge in [-0.3, -0.25) is 0 Å². The zero-order valence-corrected chi connectivity index (χ0v) is 10.1. The van der Waals surface area contributed by atoms with E-state index in [0.29, 0.717) is 13.2 Å². The highest BCUT2D eigenvalue weighted by Gasteiger charge is 2.16. The molecule has 1 aromatic heterocycles. The second-order valence-corrected chi connectivity index (χ2v) is 4.04. The third kappa shape index (κ3) is 1.77. The average molecular weight is 246 g/mol. The van der Waals surface area contributed by atoms with Crippen molar-refractivity contribution in [1.82, 2.24) is 4.98 Å². The molecule has 3 rings (SSSR count). The van der Waals surface area contributed by atoms with Crippen LogP contribution in [0.1, 0.15) is 12.7 Å². The molecule has 0 bridgehead atoms. The molecule has 1 aromatic carbocycles. The number of aryl methyl sites for hydroxylation is 1. The van der Waals surface area contributed by atoms with Crippen molar-refractivity contribution in [3.05, 3.63) is 24.0 Å². The standard InChI is InChI=1S/C13H14N2O3/c1-2-9-12(15-13(14)18-9)8-3-4-10-11(7-8)17-6-5-16-10/h3-4,7H,2,5-6H2,1H3,(H2,14,15). The van der Waals surface area contributed by atoms with Crippen molar-refractivity contribution in [2.75, 3.05) is 18.9 Å². The van der Waals surface area contributed by atoms with E-state index < -0.39 is 0 Å². The van der Waals surface area contributed by atoms with Gasteiger partial charge >= 0.3 is 0 Å². The minimum Gasteiger partial charge on any atom is -0.486 e. The van der Waals surface area contributed by atoms with Crippen molar-refractivity contribution in [3.8, 4) is 22.8 Å². The van der Waals surface area contributed by atoms with Crippen LogP contribution in [0.4, 0.5) is 6.01 Å². The quantitative estimate of drug-likeness (QED) is 0.880. The SMILES string of the molecule is CCc1oc(N)nc1-c1ccc2c(c1)OCCO2. The fraction of sp³-hybridized carbons (Fsp3) is 0.308. The molecule has 0 amide bonds. The molecular weight excluding hydrogens is 232 g/mol. The van der Waals surface area contributed by atoms with Gasteiger partial charge in [0.05, 0.1) is 0 Å². The molecule has 0 fully saturated rings. The summed E-state index contributed by atoms with van der Waals surface area (Å²) < 4.78 is 16.4. The number of oxazole rings is 1. The number of anilines is 1. The van der Waals surface area contributed by atoms with Gasteiger partial charge in [-0.05, 0) is 18.2 Å². The first-order valence-electron chi connectivity index (χ1n) is 5.93. The van der Waals surface area contributed by atoms with E-state index in [2.05, 4.69) is 4.98 Å². The average Bonchev–Trinajstić information content (AvgIpc) is 2.79. The lowest BCUT2D eigenvalue weighted by molar-refractivity contribution is 0.171. The number of nitrogen functional groups attached to an aromatic ring is 1. The number of nitrogens with two attached hydrogens (primary N) is 1. The summed E-state index contributed by atoms with van der Waals surface area (Å²) in [4.78, 5) is 4.22. The lowest BCUT2D eigenvalue weighted by Crippen LogP contribution is -2.15. The number of fused-ring (bicyclic) bond motifs is 1. The van der Waals surface area contributed by atoms with Gasteiger partial charge in [0.25, 0.3) is 6.01 Å². The Morgan fingerprint density at radius 3 is 2.78 bits per heavy atom. The lowest BCUT2D eigenvalue weighted by atomic mass is 10.1. The molecule has 2 N–H and O–H groups in total. The van der Waals surface area contributed by atoms with Crippen molar-refractivity contribution >= 4 is 6.01 Å². The summed E-state index contributed by atoms with van der Waals surface area (Å²) in [7, 11) is 0. The maximum absolute atomic E-state index is 5.60. The summed E-state index contributed by atoms with van der Waals surface area (Å²) in [5.41, 5.74) is 7.29. The zero-order valence-electron chi connectivity index (χ0n) is 10.1. The molecule has 1 aliphatic rings. The fourth-order valence-electron chi connectivity index (χ4n) is 2.03. The normalized spacial score (nSPS) is 13.6. The number of aromatic nitrogens is 1. The largest absolute Gasteiger partial charge is 0.486 e. The third-order valence-electron chi connectivity index (χ3n) is 2.85. The number of ether oxygens (including phenoxy) is 2. The van der Waals surface area contributed by atoms with Crippen molar-refractivity contribution < 1.29 is 13.9 Å². The number of rotatable bonds is 2. The van der Waals surface area contributed by atoms with Crippen molar-refractivity contribution in [2.45, 2.75) is 13.3 Å². The first-order valence-corrected chi connectivity index (χ1v) is 5.93. The van der Waals surface area contributed by atoms with Crippen LogP contribution >= 0.6 is 0 Å². The van der Waals surface area contributed by atoms with E-state index in [0.717, 1.165) is 34.9 Å². The third-order valence-corrected chi connectivity index (χ3v) is 2.85. The molecule has 2 heterocycles. The molecule has 2 aromatic rings. The molecule has 0 aliphatic carbocycles. The molecule has 0 saturated carbocycles. The van der Waals surface area contributed by atoms with Crippen LogP contribution in [0.25, 0.3) is 11.3 Å². The van der Waals surface area contributed by atoms with Gasteiger partial charge in [-0.15, -0.1) is 0 Å². The molecule has 0 saturated heterocycles. The van der Waals surface area contributed by atoms with Crippen LogP contribution in [0.15, 0.2) is 22.6 Å². The Hall–Kier alpha value is -2.17. The van der Waals surface area contributed by atoms with E-state index in [1.807, 2.05) is 25.1 Å². The highest BCUT2D eigenvalue weighted by Crippen LogP contribution is 2.35. The van der Waals surface area contributed by atoms with Crippen LogP contribution < -0.4 is 15.2 Å². The van der Waals surface area contributed by atoms with Crippen LogP contribution in [-0.2, 0) is 6.42 Å². The Morgan fingerprint density at radius 1 is 1.22 bits per heavy atom. The van der Waals surface area contributed by atoms with E-state index in [-0.39, 0.29) is 6.01 Å². The molecule has 0 spiro atoms. The van der Waals surface area contributed by atoms with Crippen LogP contribution in [0, 0.1) is 0 Å². The molecule has 0 unspecified atom stereocenters. The van der Waals surface area contributed by atoms with Gasteiger partial charge in [-0.1, -0.05) is 6.92 Å². The van der Waals surface area contributed by atoms with Gasteiger partial charge in [-0.2, -0.15) is 4.98 Å². The molecule has 5 heteroatoms. The van der Waals surface area contributed by atoms with Gasteiger partial charge in [-0.25, -0.2) is 0 Å². The summed E-state index contributed by atoms with van der Waals surface area (Å²) >= 11 is 0. The smallest absolute Gasteiger partial charge is 0.292 e.